The van der Waals surface area contributed by atoms with Crippen LogP contribution in [0.1, 0.15) is 41.8 Å². The molecule has 0 radical (unpaired) electrons. The molecule has 35 heavy (non-hydrogen) atoms. The van der Waals surface area contributed by atoms with Crippen molar-refractivity contribution in [2.24, 2.45) is 0 Å². The average molecular weight is 479 g/mol. The van der Waals surface area contributed by atoms with Gasteiger partial charge in [0.05, 0.1) is 18.8 Å². The molecular formula is C28H31FN2O4. The first kappa shape index (κ1) is 23.6. The fourth-order valence-corrected chi connectivity index (χ4v) is 5.04. The minimum atomic E-state index is -0.233. The fourth-order valence-electron chi connectivity index (χ4n) is 5.04. The standard InChI is InChI=1S/C28H31FN2O4/c1-33-23-8-4-21(5-9-23)25-10-11-26(34-25)27(32)30-18-24-12-13-28(35-24)14-16-31(17-15-28)19-20-2-6-22(29)7-3-20/h2-11,24H,12-19H2,1H3,(H,30,32)/t24-/m1/s1. The third kappa shape index (κ3) is 5.57. The molecule has 0 aliphatic carbocycles. The monoisotopic (exact) mass is 478 g/mol. The Kier molecular flexibility index (Phi) is 6.88. The second kappa shape index (κ2) is 10.2. The van der Waals surface area contributed by atoms with Gasteiger partial charge in [0.25, 0.3) is 5.91 Å². The van der Waals surface area contributed by atoms with Crippen molar-refractivity contribution in [3.8, 4) is 17.1 Å². The van der Waals surface area contributed by atoms with E-state index in [0.29, 0.717) is 12.3 Å². The Morgan fingerprint density at radius 1 is 1.06 bits per heavy atom. The summed E-state index contributed by atoms with van der Waals surface area (Å²) in [5.41, 5.74) is 1.92. The molecule has 1 atom stereocenters. The molecule has 184 valence electrons. The van der Waals surface area contributed by atoms with E-state index < -0.39 is 0 Å². The van der Waals surface area contributed by atoms with Gasteiger partial charge in [-0.2, -0.15) is 0 Å². The van der Waals surface area contributed by atoms with Gasteiger partial charge in [-0.25, -0.2) is 4.39 Å². The SMILES string of the molecule is COc1ccc(-c2ccc(C(=O)NC[C@H]3CCC4(CCN(Cc5ccc(F)cc5)CC4)O3)o2)cc1. The summed E-state index contributed by atoms with van der Waals surface area (Å²) in [6.45, 7) is 3.21. The van der Waals surface area contributed by atoms with E-state index in [-0.39, 0.29) is 29.2 Å². The highest BCUT2D eigenvalue weighted by Crippen LogP contribution is 2.39. The third-order valence-electron chi connectivity index (χ3n) is 7.12. The summed E-state index contributed by atoms with van der Waals surface area (Å²) in [7, 11) is 1.62. The summed E-state index contributed by atoms with van der Waals surface area (Å²) < 4.78 is 30.6. The van der Waals surface area contributed by atoms with Crippen molar-refractivity contribution in [1.82, 2.24) is 10.2 Å². The number of benzene rings is 2. The van der Waals surface area contributed by atoms with Crippen molar-refractivity contribution >= 4 is 5.91 Å². The number of furan rings is 1. The van der Waals surface area contributed by atoms with Crippen molar-refractivity contribution in [2.45, 2.75) is 43.9 Å². The highest BCUT2D eigenvalue weighted by atomic mass is 19.1. The lowest BCUT2D eigenvalue weighted by atomic mass is 9.88. The second-order valence-corrected chi connectivity index (χ2v) is 9.47. The van der Waals surface area contributed by atoms with Gasteiger partial charge in [0, 0.05) is 31.7 Å². The Balaban J connectivity index is 1.08. The maximum atomic E-state index is 13.1. The summed E-state index contributed by atoms with van der Waals surface area (Å²) in [4.78, 5) is 15.0. The molecule has 5 rings (SSSR count). The van der Waals surface area contributed by atoms with E-state index >= 15 is 0 Å². The van der Waals surface area contributed by atoms with Crippen molar-refractivity contribution < 1.29 is 23.1 Å². The number of carbonyl (C=O) groups excluding carboxylic acids is 1. The number of hydrogen-bond donors (Lipinski definition) is 1. The van der Waals surface area contributed by atoms with Gasteiger partial charge in [-0.05, 0) is 79.8 Å². The molecule has 2 fully saturated rings. The van der Waals surface area contributed by atoms with Crippen LogP contribution in [0.5, 0.6) is 5.75 Å². The van der Waals surface area contributed by atoms with Gasteiger partial charge >= 0.3 is 0 Å². The molecule has 7 heteroatoms. The number of ether oxygens (including phenoxy) is 2. The first-order valence-corrected chi connectivity index (χ1v) is 12.2. The van der Waals surface area contributed by atoms with Crippen molar-refractivity contribution in [2.75, 3.05) is 26.7 Å². The molecule has 0 saturated carbocycles. The lowest BCUT2D eigenvalue weighted by molar-refractivity contribution is -0.0764. The van der Waals surface area contributed by atoms with E-state index in [4.69, 9.17) is 13.9 Å². The molecule has 0 unspecified atom stereocenters. The molecular weight excluding hydrogens is 447 g/mol. The predicted molar refractivity (Wildman–Crippen MR) is 131 cm³/mol. The number of amides is 1. The molecule has 1 aromatic heterocycles. The predicted octanol–water partition coefficient (Wildman–Crippen LogP) is 5.04. The normalized spacial score (nSPS) is 19.7. The van der Waals surface area contributed by atoms with Crippen molar-refractivity contribution in [3.05, 3.63) is 77.8 Å². The van der Waals surface area contributed by atoms with Gasteiger partial charge in [0.2, 0.25) is 0 Å². The minimum Gasteiger partial charge on any atom is -0.497 e. The van der Waals surface area contributed by atoms with Crippen LogP contribution in [0.4, 0.5) is 4.39 Å². The topological polar surface area (TPSA) is 63.9 Å². The van der Waals surface area contributed by atoms with E-state index in [1.54, 1.807) is 19.2 Å². The van der Waals surface area contributed by atoms with Crippen molar-refractivity contribution in [1.29, 1.82) is 0 Å². The van der Waals surface area contributed by atoms with E-state index in [1.807, 2.05) is 36.4 Å². The second-order valence-electron chi connectivity index (χ2n) is 9.47. The smallest absolute Gasteiger partial charge is 0.287 e. The van der Waals surface area contributed by atoms with Gasteiger partial charge in [-0.15, -0.1) is 0 Å². The fraction of sp³-hybridized carbons (Fsp3) is 0.393. The first-order chi connectivity index (χ1) is 17.0. The third-order valence-corrected chi connectivity index (χ3v) is 7.12. The largest absolute Gasteiger partial charge is 0.497 e. The van der Waals surface area contributed by atoms with E-state index in [1.165, 1.54) is 12.1 Å². The van der Waals surface area contributed by atoms with Crippen LogP contribution in [-0.2, 0) is 11.3 Å². The summed E-state index contributed by atoms with van der Waals surface area (Å²) in [6.07, 6.45) is 3.91. The van der Waals surface area contributed by atoms with Crippen molar-refractivity contribution in [3.63, 3.8) is 0 Å². The van der Waals surface area contributed by atoms with E-state index in [2.05, 4.69) is 10.2 Å². The number of hydrogen-bond acceptors (Lipinski definition) is 5. The minimum absolute atomic E-state index is 0.0126. The lowest BCUT2D eigenvalue weighted by Crippen LogP contribution is -2.44. The van der Waals surface area contributed by atoms with Crippen LogP contribution >= 0.6 is 0 Å². The van der Waals surface area contributed by atoms with Gasteiger partial charge in [0.15, 0.2) is 5.76 Å². The van der Waals surface area contributed by atoms with Crippen LogP contribution < -0.4 is 10.1 Å². The number of nitrogens with zero attached hydrogens (tertiary/aromatic N) is 1. The summed E-state index contributed by atoms with van der Waals surface area (Å²) >= 11 is 0. The number of nitrogens with one attached hydrogen (secondary N) is 1. The molecule has 3 heterocycles. The molecule has 1 spiro atoms. The Morgan fingerprint density at radius 3 is 2.51 bits per heavy atom. The zero-order valence-electron chi connectivity index (χ0n) is 20.0. The van der Waals surface area contributed by atoms with E-state index in [0.717, 1.165) is 62.2 Å². The maximum absolute atomic E-state index is 13.1. The molecule has 2 aromatic carbocycles. The summed E-state index contributed by atoms with van der Waals surface area (Å²) in [5, 5.41) is 2.97. The molecule has 6 nitrogen and oxygen atoms in total. The van der Waals surface area contributed by atoms with Crippen LogP contribution in [-0.4, -0.2) is 49.3 Å². The highest BCUT2D eigenvalue weighted by molar-refractivity contribution is 5.92. The molecule has 1 amide bonds. The first-order valence-electron chi connectivity index (χ1n) is 12.2. The molecule has 3 aromatic rings. The van der Waals surface area contributed by atoms with Crippen LogP contribution in [0.15, 0.2) is 65.1 Å². The van der Waals surface area contributed by atoms with E-state index in [9.17, 15) is 9.18 Å². The number of rotatable bonds is 7. The van der Waals surface area contributed by atoms with Crippen LogP contribution in [0.2, 0.25) is 0 Å². The number of likely N-dealkylation sites (tertiary alicyclic amines) is 1. The maximum Gasteiger partial charge on any atom is 0.287 e. The Morgan fingerprint density at radius 2 is 1.80 bits per heavy atom. The number of piperidine rings is 1. The zero-order valence-corrected chi connectivity index (χ0v) is 20.0. The Labute approximate surface area is 205 Å². The van der Waals surface area contributed by atoms with Gasteiger partial charge in [-0.1, -0.05) is 12.1 Å². The van der Waals surface area contributed by atoms with Gasteiger partial charge < -0.3 is 19.2 Å². The van der Waals surface area contributed by atoms with Crippen LogP contribution in [0, 0.1) is 5.82 Å². The van der Waals surface area contributed by atoms with Crippen LogP contribution in [0.25, 0.3) is 11.3 Å². The Hall–Kier alpha value is -3.16. The molecule has 1 N–H and O–H groups in total. The lowest BCUT2D eigenvalue weighted by Gasteiger charge is -2.39. The van der Waals surface area contributed by atoms with Gasteiger partial charge in [0.1, 0.15) is 17.3 Å². The summed E-state index contributed by atoms with van der Waals surface area (Å²) in [5.74, 6) is 1.27. The highest BCUT2D eigenvalue weighted by Gasteiger charge is 2.42. The van der Waals surface area contributed by atoms with Gasteiger partial charge in [-0.3, -0.25) is 9.69 Å². The quantitative estimate of drug-likeness (QED) is 0.516. The zero-order chi connectivity index (χ0) is 24.3. The molecule has 0 bridgehead atoms. The molecule has 2 aliphatic rings. The number of carbonyl (C=O) groups is 1. The van der Waals surface area contributed by atoms with Crippen LogP contribution in [0.3, 0.4) is 0 Å². The molecule has 2 saturated heterocycles. The number of halogens is 1. The molecule has 2 aliphatic heterocycles. The Bertz CT molecular complexity index is 1130. The summed E-state index contributed by atoms with van der Waals surface area (Å²) in [6, 6.07) is 17.8. The number of methoxy groups -OCH3 is 1. The average Bonchev–Trinajstić information content (AvgIpc) is 3.54.